The summed E-state index contributed by atoms with van der Waals surface area (Å²) in [6, 6.07) is 8.04. The van der Waals surface area contributed by atoms with Crippen LogP contribution in [0.2, 0.25) is 0 Å². The maximum atomic E-state index is 9.27. The highest BCUT2D eigenvalue weighted by molar-refractivity contribution is 7.99. The molecular formula is C14H11N5S2. The second kappa shape index (κ2) is 5.68. The smallest absolute Gasteiger partial charge is 0.213 e. The predicted octanol–water partition coefficient (Wildman–Crippen LogP) is 3.57. The third-order valence-corrected chi connectivity index (χ3v) is 4.61. The molecule has 0 bridgehead atoms. The van der Waals surface area contributed by atoms with Crippen LogP contribution in [0.1, 0.15) is 17.0 Å². The van der Waals surface area contributed by atoms with E-state index in [1.807, 2.05) is 37.4 Å². The molecule has 0 aliphatic carbocycles. The first-order chi connectivity index (χ1) is 10.2. The third kappa shape index (κ3) is 2.82. The van der Waals surface area contributed by atoms with Gasteiger partial charge >= 0.3 is 0 Å². The summed E-state index contributed by atoms with van der Waals surface area (Å²) < 4.78 is 0. The van der Waals surface area contributed by atoms with Crippen LogP contribution in [0.4, 0.5) is 0 Å². The lowest BCUT2D eigenvalue weighted by molar-refractivity contribution is 0.970. The van der Waals surface area contributed by atoms with Crippen LogP contribution < -0.4 is 0 Å². The first-order valence-corrected chi connectivity index (χ1v) is 7.89. The van der Waals surface area contributed by atoms with Gasteiger partial charge in [0.25, 0.3) is 0 Å². The number of hydrogen-bond acceptors (Lipinski definition) is 6. The monoisotopic (exact) mass is 313 g/mol. The topological polar surface area (TPSA) is 78.2 Å². The minimum atomic E-state index is 0.577. The van der Waals surface area contributed by atoms with E-state index in [-0.39, 0.29) is 0 Å². The number of nitriles is 1. The molecule has 104 valence electrons. The lowest BCUT2D eigenvalue weighted by atomic mass is 10.2. The van der Waals surface area contributed by atoms with Crippen molar-refractivity contribution in [1.29, 1.82) is 5.26 Å². The van der Waals surface area contributed by atoms with Gasteiger partial charge in [0.05, 0.1) is 16.1 Å². The number of nitrogens with zero attached hydrogens (tertiary/aromatic N) is 4. The first kappa shape index (κ1) is 13.8. The van der Waals surface area contributed by atoms with Crippen molar-refractivity contribution < 1.29 is 0 Å². The predicted molar refractivity (Wildman–Crippen MR) is 82.2 cm³/mol. The zero-order chi connectivity index (χ0) is 14.8. The molecule has 1 N–H and O–H groups in total. The normalized spacial score (nSPS) is 10.5. The number of hydrogen-bond donors (Lipinski definition) is 1. The van der Waals surface area contributed by atoms with Crippen LogP contribution in [0, 0.1) is 25.2 Å². The first-order valence-electron chi connectivity index (χ1n) is 6.20. The van der Waals surface area contributed by atoms with Gasteiger partial charge in [-0.25, -0.2) is 4.98 Å². The van der Waals surface area contributed by atoms with Crippen molar-refractivity contribution in [3.63, 3.8) is 0 Å². The average molecular weight is 313 g/mol. The van der Waals surface area contributed by atoms with E-state index in [0.29, 0.717) is 10.7 Å². The van der Waals surface area contributed by atoms with E-state index in [9.17, 15) is 5.26 Å². The summed E-state index contributed by atoms with van der Waals surface area (Å²) in [6.07, 6.45) is 0. The van der Waals surface area contributed by atoms with Crippen LogP contribution in [0.5, 0.6) is 0 Å². The van der Waals surface area contributed by atoms with Crippen molar-refractivity contribution in [2.75, 3.05) is 0 Å². The van der Waals surface area contributed by atoms with Crippen molar-refractivity contribution >= 4 is 23.1 Å². The van der Waals surface area contributed by atoms with E-state index in [2.05, 4.69) is 26.2 Å². The molecule has 3 aromatic rings. The summed E-state index contributed by atoms with van der Waals surface area (Å²) in [7, 11) is 0. The Balaban J connectivity index is 1.93. The highest BCUT2D eigenvalue weighted by atomic mass is 32.2. The van der Waals surface area contributed by atoms with Gasteiger partial charge in [-0.05, 0) is 43.1 Å². The third-order valence-electron chi connectivity index (χ3n) is 2.82. The number of aryl methyl sites for hydroxylation is 2. The van der Waals surface area contributed by atoms with Crippen LogP contribution in [0.3, 0.4) is 0 Å². The number of pyridine rings is 1. The Kier molecular flexibility index (Phi) is 3.73. The number of thiophene rings is 1. The van der Waals surface area contributed by atoms with Crippen molar-refractivity contribution in [2.24, 2.45) is 0 Å². The largest absolute Gasteiger partial charge is 0.257 e. The summed E-state index contributed by atoms with van der Waals surface area (Å²) >= 11 is 2.98. The molecule has 0 saturated heterocycles. The van der Waals surface area contributed by atoms with Gasteiger partial charge in [-0.3, -0.25) is 10.1 Å². The van der Waals surface area contributed by atoms with E-state index < -0.39 is 0 Å². The Labute approximate surface area is 130 Å². The van der Waals surface area contributed by atoms with E-state index in [1.165, 1.54) is 11.8 Å². The summed E-state index contributed by atoms with van der Waals surface area (Å²) in [5.41, 5.74) is 2.19. The molecule has 0 unspecified atom stereocenters. The maximum absolute atomic E-state index is 9.27. The molecule has 3 heterocycles. The van der Waals surface area contributed by atoms with Gasteiger partial charge in [-0.15, -0.1) is 16.4 Å². The van der Waals surface area contributed by atoms with Gasteiger partial charge in [0.1, 0.15) is 6.07 Å². The highest BCUT2D eigenvalue weighted by Crippen LogP contribution is 2.31. The van der Waals surface area contributed by atoms with E-state index in [4.69, 9.17) is 0 Å². The quantitative estimate of drug-likeness (QED) is 0.799. The van der Waals surface area contributed by atoms with Crippen LogP contribution >= 0.6 is 23.1 Å². The minimum Gasteiger partial charge on any atom is -0.257 e. The molecule has 3 rings (SSSR count). The summed E-state index contributed by atoms with van der Waals surface area (Å²) in [5.74, 6) is 0.744. The van der Waals surface area contributed by atoms with Gasteiger partial charge in [-0.2, -0.15) is 5.26 Å². The molecule has 0 radical (unpaired) electrons. The minimum absolute atomic E-state index is 0.577. The van der Waals surface area contributed by atoms with Crippen LogP contribution in [-0.2, 0) is 0 Å². The van der Waals surface area contributed by atoms with Crippen molar-refractivity contribution in [3.05, 3.63) is 40.5 Å². The molecule has 5 nitrogen and oxygen atoms in total. The number of nitrogens with one attached hydrogen (secondary N) is 1. The van der Waals surface area contributed by atoms with Gasteiger partial charge in [0.15, 0.2) is 5.82 Å². The van der Waals surface area contributed by atoms with E-state index >= 15 is 0 Å². The second-order valence-corrected chi connectivity index (χ2v) is 6.34. The molecule has 0 saturated carbocycles. The molecule has 21 heavy (non-hydrogen) atoms. The van der Waals surface area contributed by atoms with Crippen LogP contribution in [0.25, 0.3) is 10.7 Å². The summed E-state index contributed by atoms with van der Waals surface area (Å²) in [5, 5.41) is 19.0. The molecule has 7 heteroatoms. The molecule has 0 fully saturated rings. The maximum Gasteiger partial charge on any atom is 0.213 e. The zero-order valence-corrected chi connectivity index (χ0v) is 13.0. The number of aromatic amines is 1. The fourth-order valence-electron chi connectivity index (χ4n) is 1.92. The molecule has 0 aliphatic heterocycles. The van der Waals surface area contributed by atoms with Crippen molar-refractivity contribution in [3.8, 4) is 16.8 Å². The van der Waals surface area contributed by atoms with Gasteiger partial charge in [0, 0.05) is 10.6 Å². The van der Waals surface area contributed by atoms with Crippen LogP contribution in [0.15, 0.2) is 33.6 Å². The Bertz CT molecular complexity index is 815. The SMILES string of the molecule is Cc1cc(Sc2n[nH]c(-c3cccs3)n2)c(C#N)c(C)n1. The molecule has 0 aliphatic rings. The van der Waals surface area contributed by atoms with Crippen molar-refractivity contribution in [2.45, 2.75) is 23.9 Å². The average Bonchev–Trinajstić information content (AvgIpc) is 3.08. The standard InChI is InChI=1S/C14H11N5S2/c1-8-6-12(10(7-15)9(2)16-8)21-14-17-13(18-19-14)11-4-3-5-20-11/h3-6H,1-2H3,(H,17,18,19). The number of aromatic nitrogens is 4. The lowest BCUT2D eigenvalue weighted by Gasteiger charge is -2.04. The molecule has 0 aromatic carbocycles. The van der Waals surface area contributed by atoms with E-state index in [0.717, 1.165) is 27.0 Å². The second-order valence-electron chi connectivity index (χ2n) is 4.38. The molecule has 0 spiro atoms. The van der Waals surface area contributed by atoms with Gasteiger partial charge < -0.3 is 0 Å². The molecule has 3 aromatic heterocycles. The van der Waals surface area contributed by atoms with Gasteiger partial charge in [-0.1, -0.05) is 6.07 Å². The zero-order valence-electron chi connectivity index (χ0n) is 11.4. The van der Waals surface area contributed by atoms with Crippen molar-refractivity contribution in [1.82, 2.24) is 20.2 Å². The Morgan fingerprint density at radius 2 is 2.19 bits per heavy atom. The number of H-pyrrole nitrogens is 1. The Morgan fingerprint density at radius 3 is 2.90 bits per heavy atom. The summed E-state index contributed by atoms with van der Waals surface area (Å²) in [4.78, 5) is 10.6. The highest BCUT2D eigenvalue weighted by Gasteiger charge is 2.13. The summed E-state index contributed by atoms with van der Waals surface area (Å²) in [6.45, 7) is 3.75. The van der Waals surface area contributed by atoms with Gasteiger partial charge in [0.2, 0.25) is 5.16 Å². The van der Waals surface area contributed by atoms with Crippen LogP contribution in [-0.4, -0.2) is 20.2 Å². The number of rotatable bonds is 3. The fraction of sp³-hybridized carbons (Fsp3) is 0.143. The molecule has 0 atom stereocenters. The molecular weight excluding hydrogens is 302 g/mol. The molecule has 0 amide bonds. The lowest BCUT2D eigenvalue weighted by Crippen LogP contribution is -1.94. The Hall–Kier alpha value is -2.17. The van der Waals surface area contributed by atoms with E-state index in [1.54, 1.807) is 11.3 Å². The Morgan fingerprint density at radius 1 is 1.33 bits per heavy atom. The fourth-order valence-corrected chi connectivity index (χ4v) is 3.54.